The topological polar surface area (TPSA) is 606 Å². The first-order valence-corrected chi connectivity index (χ1v) is 45.9. The minimum Gasteiger partial charge on any atom is -0.508 e. The fourth-order valence-electron chi connectivity index (χ4n) is 16.3. The molecule has 0 radical (unpaired) electrons. The lowest BCUT2D eigenvalue weighted by Crippen LogP contribution is -2.61. The highest BCUT2D eigenvalue weighted by atomic mass is 32.2. The Balaban J connectivity index is 1.17. The van der Waals surface area contributed by atoms with Crippen molar-refractivity contribution in [1.29, 1.82) is 0 Å². The smallest absolute Gasteiger partial charge is 0.246 e. The number of H-pyrrole nitrogens is 2. The Morgan fingerprint density at radius 1 is 0.538 bits per heavy atom. The SMILES string of the molecule is CCCC[C@H]1C(=O)N(C)[C@@H](CCCC)C(=O)N[C@@H](CC(C)C)C(=O)N[C@H](C(=O)NCC(=O)NCCC(N)=O)CSCC(=O)N[C@@H](Cc2ccc(O)cc2)C(=O)N(C)[C@@H](C)C(=O)N[C@@H](CC(N)=O)C(=O)N2CCC[C@H]2C(=O)N[C@@H](CN)C(=O)N[C@@H](CC(C)C)C(=O)N2C[C@H](O)C[C@H]2C(=O)N[C@@H](Cc2c[nH]c3ccccc23)C(=O)NCC(=O)NC(Cc2c[nH]c3ccccc23)C(=O)N1C. The number of aliphatic hydroxyl groups is 1. The first kappa shape index (κ1) is 105. The number of hydrogen-bond acceptors (Lipinski definition) is 22. The lowest BCUT2D eigenvalue weighted by Gasteiger charge is -2.36. The molecule has 21 N–H and O–H groups in total. The molecule has 0 bridgehead atoms. The fourth-order valence-corrected chi connectivity index (χ4v) is 17.1. The molecule has 3 saturated heterocycles. The van der Waals surface area contributed by atoms with Crippen LogP contribution in [0.1, 0.15) is 149 Å². The van der Waals surface area contributed by atoms with Gasteiger partial charge in [-0.25, -0.2) is 0 Å². The molecule has 720 valence electrons. The Morgan fingerprint density at radius 2 is 1.07 bits per heavy atom. The van der Waals surface area contributed by atoms with Gasteiger partial charge in [-0.1, -0.05) is 116 Å². The number of nitrogens with two attached hydrogens (primary N) is 3. The molecule has 14 atom stereocenters. The number of nitrogens with zero attached hydrogens (tertiary/aromatic N) is 5. The molecule has 5 heterocycles. The van der Waals surface area contributed by atoms with Gasteiger partial charge in [0.25, 0.3) is 0 Å². The molecule has 41 nitrogen and oxygen atoms in total. The monoisotopic (exact) mass is 1860 g/mol. The summed E-state index contributed by atoms with van der Waals surface area (Å²) >= 11 is 0.786. The van der Waals surface area contributed by atoms with E-state index in [-0.39, 0.29) is 101 Å². The molecule has 3 aliphatic heterocycles. The number of rotatable bonds is 25. The van der Waals surface area contributed by atoms with Crippen molar-refractivity contribution in [3.8, 4) is 5.75 Å². The third-order valence-electron chi connectivity index (χ3n) is 23.6. The van der Waals surface area contributed by atoms with Crippen LogP contribution in [0.15, 0.2) is 85.2 Å². The Morgan fingerprint density at radius 3 is 1.67 bits per heavy atom. The number of carbonyl (C=O) groups is 18. The number of unbranched alkanes of at least 4 members (excludes halogenated alkanes) is 2. The van der Waals surface area contributed by atoms with Gasteiger partial charge >= 0.3 is 0 Å². The number of phenols is 1. The molecule has 0 saturated carbocycles. The minimum atomic E-state index is -1.77. The van der Waals surface area contributed by atoms with Crippen LogP contribution in [0.25, 0.3) is 21.8 Å². The van der Waals surface area contributed by atoms with Crippen molar-refractivity contribution < 1.29 is 96.5 Å². The highest BCUT2D eigenvalue weighted by molar-refractivity contribution is 8.00. The van der Waals surface area contributed by atoms with Gasteiger partial charge in [-0.2, -0.15) is 0 Å². The van der Waals surface area contributed by atoms with Crippen molar-refractivity contribution in [3.05, 3.63) is 102 Å². The van der Waals surface area contributed by atoms with Crippen LogP contribution in [-0.4, -0.2) is 308 Å². The van der Waals surface area contributed by atoms with E-state index in [1.54, 1.807) is 76.5 Å². The normalized spacial score (nSPS) is 24.5. The van der Waals surface area contributed by atoms with E-state index in [9.17, 15) is 72.5 Å². The van der Waals surface area contributed by atoms with Crippen LogP contribution < -0.4 is 75.7 Å². The number of aromatic hydroxyl groups is 1. The van der Waals surface area contributed by atoms with Crippen LogP contribution in [0.3, 0.4) is 0 Å². The summed E-state index contributed by atoms with van der Waals surface area (Å²) < 4.78 is 0. The van der Waals surface area contributed by atoms with E-state index >= 15 is 24.0 Å². The molecule has 42 heteroatoms. The van der Waals surface area contributed by atoms with Crippen molar-refractivity contribution in [2.24, 2.45) is 29.0 Å². The first-order valence-electron chi connectivity index (χ1n) is 44.8. The van der Waals surface area contributed by atoms with Crippen LogP contribution in [0.2, 0.25) is 0 Å². The number of para-hydroxylation sites is 2. The molecule has 3 aromatic carbocycles. The zero-order chi connectivity index (χ0) is 96.9. The molecule has 5 aromatic rings. The number of aromatic amines is 2. The predicted octanol–water partition coefficient (Wildman–Crippen LogP) is -2.01. The van der Waals surface area contributed by atoms with E-state index in [1.165, 1.54) is 62.1 Å². The van der Waals surface area contributed by atoms with Crippen LogP contribution in [0.5, 0.6) is 5.75 Å². The fraction of sp³-hybridized carbons (Fsp3) is 0.556. The third kappa shape index (κ3) is 29.6. The third-order valence-corrected chi connectivity index (χ3v) is 24.6. The maximum atomic E-state index is 15.6. The van der Waals surface area contributed by atoms with Gasteiger partial charge in [0.1, 0.15) is 84.3 Å². The summed E-state index contributed by atoms with van der Waals surface area (Å²) in [5.41, 5.74) is 20.0. The number of nitrogens with one attached hydrogen (secondary N) is 13. The average molecular weight is 1860 g/mol. The van der Waals surface area contributed by atoms with E-state index < -0.39 is 235 Å². The Labute approximate surface area is 770 Å². The number of likely N-dealkylation sites (N-methyl/N-ethyl adjacent to an activating group) is 3. The summed E-state index contributed by atoms with van der Waals surface area (Å²) in [5.74, 6) is -17.6. The second kappa shape index (κ2) is 50.0. The minimum absolute atomic E-state index is 0.00689. The van der Waals surface area contributed by atoms with E-state index in [0.29, 0.717) is 64.2 Å². The molecule has 8 rings (SSSR count). The Hall–Kier alpha value is -12.7. The lowest BCUT2D eigenvalue weighted by molar-refractivity contribution is -0.149. The van der Waals surface area contributed by atoms with Gasteiger partial charge in [-0.05, 0) is 98.2 Å². The van der Waals surface area contributed by atoms with E-state index in [4.69, 9.17) is 17.2 Å². The highest BCUT2D eigenvalue weighted by Crippen LogP contribution is 2.28. The highest BCUT2D eigenvalue weighted by Gasteiger charge is 2.46. The number of primary amides is 2. The lowest BCUT2D eigenvalue weighted by atomic mass is 9.99. The summed E-state index contributed by atoms with van der Waals surface area (Å²) in [4.78, 5) is 272. The number of fused-ring (bicyclic) bond motifs is 4. The molecular formula is C90H129N21O20S. The van der Waals surface area contributed by atoms with Crippen LogP contribution in [-0.2, 0) is 106 Å². The molecular weight excluding hydrogens is 1730 g/mol. The Bertz CT molecular complexity index is 4950. The van der Waals surface area contributed by atoms with E-state index in [1.807, 2.05) is 26.0 Å². The number of thioether (sulfide) groups is 1. The zero-order valence-electron chi connectivity index (χ0n) is 76.4. The largest absolute Gasteiger partial charge is 0.508 e. The summed E-state index contributed by atoms with van der Waals surface area (Å²) in [6, 6.07) is 0.594. The number of benzene rings is 3. The van der Waals surface area contributed by atoms with Crippen LogP contribution in [0.4, 0.5) is 0 Å². The number of hydrogen-bond donors (Lipinski definition) is 18. The molecule has 132 heavy (non-hydrogen) atoms. The van der Waals surface area contributed by atoms with Gasteiger partial charge in [0.05, 0.1) is 31.4 Å². The number of aliphatic hydroxyl groups excluding tert-OH is 1. The van der Waals surface area contributed by atoms with Crippen molar-refractivity contribution >= 4 is 140 Å². The quantitative estimate of drug-likeness (QED) is 0.0300. The molecule has 1 unspecified atom stereocenters. The van der Waals surface area contributed by atoms with Gasteiger partial charge < -0.3 is 120 Å². The van der Waals surface area contributed by atoms with Gasteiger partial charge in [-0.15, -0.1) is 11.8 Å². The van der Waals surface area contributed by atoms with Crippen molar-refractivity contribution in [1.82, 2.24) is 93.0 Å². The van der Waals surface area contributed by atoms with Crippen LogP contribution >= 0.6 is 11.8 Å². The maximum absolute atomic E-state index is 15.6. The Kier molecular flexibility index (Phi) is 39.7. The standard InChI is InChI=1S/C90H129N21O20S/c1-11-13-24-69-83(124)101-61(34-49(3)4)81(122)106-68(80(121)97-44-75(116)94-32-31-73(92)114)47-132-48-77(118)100-64(36-52-27-29-55(112)30-28-52)86(127)107(8)51(7)78(119)103-66(40-74(93)115)88(129)110-33-19-26-70(110)84(125)105-67(41-91)82(123)104-63(35-50(5)6)89(130)111-46-56(113)39-72(111)85(126)102-62(37-53-42-95-59-22-17-15-20-57(53)59)79(120)98-45-76(117)99-65(38-54-43-96-60-23-18-16-21-58(54)60)87(128)109(10)71(25-14-12-2)90(131)108(69)9/h15-18,20-23,27-30,42-43,49-51,56,61-72,95-96,112-113H,11-14,19,24-26,31-41,44-48,91H2,1-10H3,(H2,92,114)(H2,93,115)(H,94,116)(H,97,121)(H,98,120)(H,99,117)(H,100,118)(H,101,124)(H,102,126)(H,103,119)(H,104,123)(H,105,125)(H,106,122)/t51-,56+,61-,62-,63-,64-,65?,66-,67-,68-,69-,70-,71-,72-/m0/s1. The number of amides is 18. The summed E-state index contributed by atoms with van der Waals surface area (Å²) in [5, 5.41) is 51.9. The molecule has 0 spiro atoms. The van der Waals surface area contributed by atoms with E-state index in [0.717, 1.165) is 26.5 Å². The second-order valence-electron chi connectivity index (χ2n) is 34.7. The van der Waals surface area contributed by atoms with Gasteiger partial charge in [0.15, 0.2) is 0 Å². The summed E-state index contributed by atoms with van der Waals surface area (Å²) in [6.45, 7) is 9.25. The summed E-state index contributed by atoms with van der Waals surface area (Å²) in [6.07, 6.45) is 1.88. The zero-order valence-corrected chi connectivity index (χ0v) is 77.2. The number of aromatic nitrogens is 2. The molecule has 2 aromatic heterocycles. The van der Waals surface area contributed by atoms with Gasteiger partial charge in [0, 0.05) is 119 Å². The maximum Gasteiger partial charge on any atom is 0.246 e. The van der Waals surface area contributed by atoms with Crippen molar-refractivity contribution in [2.75, 3.05) is 71.9 Å². The number of carbonyl (C=O) groups excluding carboxylic acids is 18. The summed E-state index contributed by atoms with van der Waals surface area (Å²) in [7, 11) is 4.00. The van der Waals surface area contributed by atoms with E-state index in [2.05, 4.69) is 68.5 Å². The molecule has 3 fully saturated rings. The van der Waals surface area contributed by atoms with Gasteiger partial charge in [-0.3, -0.25) is 86.3 Å². The van der Waals surface area contributed by atoms with Crippen molar-refractivity contribution in [3.63, 3.8) is 0 Å². The van der Waals surface area contributed by atoms with Crippen LogP contribution in [0, 0.1) is 11.8 Å². The first-order chi connectivity index (χ1) is 62.7. The molecule has 3 aliphatic rings. The molecule has 18 amide bonds. The second-order valence-corrected chi connectivity index (χ2v) is 35.7. The number of phenolic OH excluding ortho intramolecular Hbond substituents is 1. The predicted molar refractivity (Wildman–Crippen MR) is 488 cm³/mol. The average Bonchev–Trinajstić information content (AvgIpc) is 1.65. The van der Waals surface area contributed by atoms with Crippen molar-refractivity contribution in [2.45, 2.75) is 236 Å². The molecule has 0 aliphatic carbocycles. The van der Waals surface area contributed by atoms with Gasteiger partial charge in [0.2, 0.25) is 106 Å².